The number of anilines is 2. The number of ether oxygens (including phenoxy) is 1. The van der Waals surface area contributed by atoms with E-state index in [-0.39, 0.29) is 5.91 Å². The number of fused-ring (bicyclic) bond motifs is 1. The predicted molar refractivity (Wildman–Crippen MR) is 151 cm³/mol. The summed E-state index contributed by atoms with van der Waals surface area (Å²) in [5.74, 6) is -0.0504. The molecule has 4 N–H and O–H groups in total. The van der Waals surface area contributed by atoms with Crippen LogP contribution >= 0.6 is 11.3 Å². The summed E-state index contributed by atoms with van der Waals surface area (Å²) in [7, 11) is 0. The number of nitrogens with zero attached hydrogens (tertiary/aromatic N) is 1. The molecule has 0 saturated carbocycles. The van der Waals surface area contributed by atoms with Crippen molar-refractivity contribution in [2.45, 2.75) is 26.7 Å². The lowest BCUT2D eigenvalue weighted by molar-refractivity contribution is -0.115. The molecule has 2 aromatic heterocycles. The maximum atomic E-state index is 12.5. The van der Waals surface area contributed by atoms with Gasteiger partial charge in [-0.2, -0.15) is 5.10 Å². The number of thiophene rings is 1. The van der Waals surface area contributed by atoms with Crippen LogP contribution in [0.25, 0.3) is 23.1 Å². The second-order valence-electron chi connectivity index (χ2n) is 8.60. The van der Waals surface area contributed by atoms with Gasteiger partial charge < -0.3 is 15.4 Å². The van der Waals surface area contributed by atoms with Crippen molar-refractivity contribution in [2.75, 3.05) is 30.3 Å². The van der Waals surface area contributed by atoms with E-state index in [0.717, 1.165) is 51.3 Å². The molecule has 0 spiro atoms. The number of benzene rings is 2. The smallest absolute Gasteiger partial charge is 0.411 e. The Labute approximate surface area is 220 Å². The quantitative estimate of drug-likeness (QED) is 0.187. The molecule has 8 nitrogen and oxygen atoms in total. The molecule has 0 aliphatic heterocycles. The number of carbonyl (C=O) groups excluding carboxylic acids is 2. The van der Waals surface area contributed by atoms with Crippen LogP contribution in [0, 0.1) is 6.92 Å². The summed E-state index contributed by atoms with van der Waals surface area (Å²) < 4.78 is 5.20. The molecule has 0 atom stereocenters. The first kappa shape index (κ1) is 26.1. The Kier molecular flexibility index (Phi) is 9.07. The number of hydrogen-bond acceptors (Lipinski definition) is 6. The van der Waals surface area contributed by atoms with Crippen LogP contribution in [-0.4, -0.2) is 41.9 Å². The van der Waals surface area contributed by atoms with Crippen LogP contribution < -0.4 is 16.0 Å². The normalized spacial score (nSPS) is 11.2. The SMILES string of the molecule is CCCNCCOC(=O)Nc1cccc(/C=C/c2n[nH]c3cc(C)c(NC(=O)Cc4cccs4)cc23)c1. The van der Waals surface area contributed by atoms with Crippen LogP contribution in [-0.2, 0) is 16.0 Å². The van der Waals surface area contributed by atoms with Crippen molar-refractivity contribution in [1.29, 1.82) is 0 Å². The summed E-state index contributed by atoms with van der Waals surface area (Å²) in [5.41, 5.74) is 4.90. The average Bonchev–Trinajstić information content (AvgIpc) is 3.53. The van der Waals surface area contributed by atoms with Crippen LogP contribution in [0.2, 0.25) is 0 Å². The zero-order valence-corrected chi connectivity index (χ0v) is 21.8. The third-order valence-corrected chi connectivity index (χ3v) is 6.51. The highest BCUT2D eigenvalue weighted by atomic mass is 32.1. The Balaban J connectivity index is 1.41. The minimum absolute atomic E-state index is 0.0504. The van der Waals surface area contributed by atoms with Crippen molar-refractivity contribution < 1.29 is 14.3 Å². The largest absolute Gasteiger partial charge is 0.448 e. The van der Waals surface area contributed by atoms with Crippen molar-refractivity contribution in [2.24, 2.45) is 0 Å². The second kappa shape index (κ2) is 12.8. The van der Waals surface area contributed by atoms with Crippen LogP contribution in [0.1, 0.15) is 35.0 Å². The van der Waals surface area contributed by atoms with Gasteiger partial charge in [0.2, 0.25) is 5.91 Å². The van der Waals surface area contributed by atoms with Gasteiger partial charge in [-0.3, -0.25) is 15.2 Å². The van der Waals surface area contributed by atoms with E-state index >= 15 is 0 Å². The summed E-state index contributed by atoms with van der Waals surface area (Å²) in [6, 6.07) is 15.3. The molecular weight excluding hydrogens is 486 g/mol. The van der Waals surface area contributed by atoms with Gasteiger partial charge in [-0.05, 0) is 72.8 Å². The molecule has 0 aliphatic rings. The zero-order chi connectivity index (χ0) is 26.0. The van der Waals surface area contributed by atoms with Gasteiger partial charge in [0.15, 0.2) is 0 Å². The third kappa shape index (κ3) is 7.52. The molecule has 0 fully saturated rings. The lowest BCUT2D eigenvalue weighted by Gasteiger charge is -2.08. The van der Waals surface area contributed by atoms with Gasteiger partial charge in [-0.25, -0.2) is 4.79 Å². The number of amides is 2. The Hall–Kier alpha value is -3.95. The second-order valence-corrected chi connectivity index (χ2v) is 9.63. The van der Waals surface area contributed by atoms with E-state index in [1.807, 2.05) is 73.0 Å². The van der Waals surface area contributed by atoms with Crippen molar-refractivity contribution in [1.82, 2.24) is 15.5 Å². The number of H-pyrrole nitrogens is 1. The van der Waals surface area contributed by atoms with Gasteiger partial charge in [0.25, 0.3) is 0 Å². The van der Waals surface area contributed by atoms with Gasteiger partial charge in [0.1, 0.15) is 6.61 Å². The highest BCUT2D eigenvalue weighted by Gasteiger charge is 2.11. The number of aryl methyl sites for hydroxylation is 1. The fourth-order valence-electron chi connectivity index (χ4n) is 3.79. The molecular formula is C28H31N5O3S. The maximum Gasteiger partial charge on any atom is 0.411 e. The van der Waals surface area contributed by atoms with Crippen molar-refractivity contribution >= 4 is 57.8 Å². The van der Waals surface area contributed by atoms with Crippen LogP contribution in [0.15, 0.2) is 53.9 Å². The first-order chi connectivity index (χ1) is 18.0. The Bertz CT molecular complexity index is 1380. The first-order valence-corrected chi connectivity index (χ1v) is 13.1. The van der Waals surface area contributed by atoms with E-state index in [4.69, 9.17) is 4.74 Å². The van der Waals surface area contributed by atoms with Crippen LogP contribution in [0.3, 0.4) is 0 Å². The zero-order valence-electron chi connectivity index (χ0n) is 21.0. The number of aromatic nitrogens is 2. The molecule has 0 aliphatic carbocycles. The van der Waals surface area contributed by atoms with Gasteiger partial charge in [0, 0.05) is 28.2 Å². The fourth-order valence-corrected chi connectivity index (χ4v) is 4.49. The average molecular weight is 518 g/mol. The fraction of sp³-hybridized carbons (Fsp3) is 0.250. The molecule has 2 aromatic carbocycles. The minimum Gasteiger partial charge on any atom is -0.448 e. The van der Waals surface area contributed by atoms with E-state index in [2.05, 4.69) is 33.1 Å². The highest BCUT2D eigenvalue weighted by molar-refractivity contribution is 7.10. The topological polar surface area (TPSA) is 108 Å². The Morgan fingerprint density at radius 1 is 1.08 bits per heavy atom. The van der Waals surface area contributed by atoms with E-state index < -0.39 is 6.09 Å². The predicted octanol–water partition coefficient (Wildman–Crippen LogP) is 5.83. The molecule has 4 rings (SSSR count). The molecule has 0 radical (unpaired) electrons. The summed E-state index contributed by atoms with van der Waals surface area (Å²) >= 11 is 1.57. The molecule has 4 aromatic rings. The maximum absolute atomic E-state index is 12.5. The number of rotatable bonds is 11. The molecule has 0 bridgehead atoms. The molecule has 2 amide bonds. The molecule has 9 heteroatoms. The number of hydrogen-bond donors (Lipinski definition) is 4. The van der Waals surface area contributed by atoms with Gasteiger partial charge in [-0.1, -0.05) is 31.2 Å². The summed E-state index contributed by atoms with van der Waals surface area (Å²) in [4.78, 5) is 25.6. The van der Waals surface area contributed by atoms with E-state index in [1.165, 1.54) is 0 Å². The van der Waals surface area contributed by atoms with Crippen LogP contribution in [0.5, 0.6) is 0 Å². The molecule has 37 heavy (non-hydrogen) atoms. The summed E-state index contributed by atoms with van der Waals surface area (Å²) in [6.07, 6.45) is 4.73. The van der Waals surface area contributed by atoms with Crippen molar-refractivity contribution in [3.05, 3.63) is 75.6 Å². The van der Waals surface area contributed by atoms with E-state index in [9.17, 15) is 9.59 Å². The molecule has 192 valence electrons. The summed E-state index contributed by atoms with van der Waals surface area (Å²) in [5, 5.41) is 19.3. The van der Waals surface area contributed by atoms with E-state index in [1.54, 1.807) is 11.3 Å². The lowest BCUT2D eigenvalue weighted by Crippen LogP contribution is -2.23. The highest BCUT2D eigenvalue weighted by Crippen LogP contribution is 2.26. The standard InChI is InChI=1S/C28H31N5O3S/c1-3-11-29-12-13-36-28(35)30-21-7-4-6-20(16-21)9-10-24-23-18-25(19(2)15-26(23)33-32-24)31-27(34)17-22-8-5-14-37-22/h4-10,14-16,18,29H,3,11-13,17H2,1-2H3,(H,30,35)(H,31,34)(H,32,33)/b10-9+. The lowest BCUT2D eigenvalue weighted by atomic mass is 10.1. The van der Waals surface area contributed by atoms with E-state index in [0.29, 0.717) is 25.3 Å². The van der Waals surface area contributed by atoms with Gasteiger partial charge in [-0.15, -0.1) is 11.3 Å². The first-order valence-electron chi connectivity index (χ1n) is 12.3. The molecule has 0 unspecified atom stereocenters. The Morgan fingerprint density at radius 2 is 1.97 bits per heavy atom. The third-order valence-electron chi connectivity index (χ3n) is 5.63. The van der Waals surface area contributed by atoms with Crippen molar-refractivity contribution in [3.63, 3.8) is 0 Å². The monoisotopic (exact) mass is 517 g/mol. The molecule has 0 saturated heterocycles. The van der Waals surface area contributed by atoms with Gasteiger partial charge in [0.05, 0.1) is 17.6 Å². The molecule has 2 heterocycles. The van der Waals surface area contributed by atoms with Crippen molar-refractivity contribution in [3.8, 4) is 0 Å². The van der Waals surface area contributed by atoms with Gasteiger partial charge >= 0.3 is 6.09 Å². The number of aromatic amines is 1. The summed E-state index contributed by atoms with van der Waals surface area (Å²) in [6.45, 7) is 5.88. The number of carbonyl (C=O) groups is 2. The number of nitrogens with one attached hydrogen (secondary N) is 4. The Morgan fingerprint density at radius 3 is 2.78 bits per heavy atom. The minimum atomic E-state index is -0.484. The van der Waals surface area contributed by atoms with Crippen LogP contribution in [0.4, 0.5) is 16.2 Å².